The van der Waals surface area contributed by atoms with Crippen molar-refractivity contribution in [2.75, 3.05) is 6.61 Å². The van der Waals surface area contributed by atoms with Crippen LogP contribution in [0.25, 0.3) is 0 Å². The summed E-state index contributed by atoms with van der Waals surface area (Å²) in [5.41, 5.74) is 0.551. The molecule has 0 spiro atoms. The van der Waals surface area contributed by atoms with Crippen LogP contribution >= 0.6 is 27.5 Å². The topological polar surface area (TPSA) is 26.3 Å². The van der Waals surface area contributed by atoms with Crippen LogP contribution in [-0.4, -0.2) is 12.4 Å². The van der Waals surface area contributed by atoms with E-state index in [9.17, 15) is 9.18 Å². The minimum absolute atomic E-state index is 0.141. The van der Waals surface area contributed by atoms with Gasteiger partial charge in [0.1, 0.15) is 11.6 Å². The first-order valence-electron chi connectivity index (χ1n) is 5.95. The van der Waals surface area contributed by atoms with Crippen LogP contribution in [0, 0.1) is 5.82 Å². The molecule has 5 heteroatoms. The van der Waals surface area contributed by atoms with E-state index < -0.39 is 5.82 Å². The fraction of sp³-hybridized carbons (Fsp3) is 0.133. The van der Waals surface area contributed by atoms with Crippen molar-refractivity contribution in [3.8, 4) is 5.75 Å². The average Bonchev–Trinajstić information content (AvgIpc) is 2.43. The van der Waals surface area contributed by atoms with E-state index in [4.69, 9.17) is 16.3 Å². The van der Waals surface area contributed by atoms with Crippen molar-refractivity contribution in [3.63, 3.8) is 0 Å². The fourth-order valence-corrected chi connectivity index (χ4v) is 2.45. The summed E-state index contributed by atoms with van der Waals surface area (Å²) in [7, 11) is 0. The summed E-state index contributed by atoms with van der Waals surface area (Å²) >= 11 is 9.16. The molecule has 0 aliphatic rings. The van der Waals surface area contributed by atoms with Gasteiger partial charge >= 0.3 is 0 Å². The van der Waals surface area contributed by atoms with Crippen LogP contribution in [0.4, 0.5) is 4.39 Å². The zero-order valence-corrected chi connectivity index (χ0v) is 13.0. The number of halogens is 3. The van der Waals surface area contributed by atoms with Crippen LogP contribution in [0.2, 0.25) is 5.02 Å². The Morgan fingerprint density at radius 3 is 2.75 bits per heavy atom. The predicted molar refractivity (Wildman–Crippen MR) is 80.2 cm³/mol. The van der Waals surface area contributed by atoms with Crippen LogP contribution in [0.3, 0.4) is 0 Å². The maximum absolute atomic E-state index is 13.4. The van der Waals surface area contributed by atoms with Crippen molar-refractivity contribution in [3.05, 3.63) is 62.8 Å². The summed E-state index contributed by atoms with van der Waals surface area (Å²) in [6.45, 7) is 2.40. The second kappa shape index (κ2) is 6.37. The van der Waals surface area contributed by atoms with Gasteiger partial charge in [0.05, 0.1) is 16.1 Å². The monoisotopic (exact) mass is 356 g/mol. The first-order chi connectivity index (χ1) is 9.54. The minimum Gasteiger partial charge on any atom is -0.493 e. The first-order valence-corrected chi connectivity index (χ1v) is 7.12. The molecule has 2 nitrogen and oxygen atoms in total. The van der Waals surface area contributed by atoms with Crippen LogP contribution in [0.15, 0.2) is 40.9 Å². The molecule has 104 valence electrons. The summed E-state index contributed by atoms with van der Waals surface area (Å²) in [4.78, 5) is 12.3. The summed E-state index contributed by atoms with van der Waals surface area (Å²) < 4.78 is 19.4. The summed E-state index contributed by atoms with van der Waals surface area (Å²) in [5, 5.41) is -0.164. The van der Waals surface area contributed by atoms with E-state index in [2.05, 4.69) is 15.9 Å². The van der Waals surface area contributed by atoms with Gasteiger partial charge in [0, 0.05) is 11.1 Å². The highest BCUT2D eigenvalue weighted by Gasteiger charge is 2.16. The van der Waals surface area contributed by atoms with Gasteiger partial charge in [-0.3, -0.25) is 4.79 Å². The molecule has 2 aromatic carbocycles. The van der Waals surface area contributed by atoms with Crippen molar-refractivity contribution < 1.29 is 13.9 Å². The van der Waals surface area contributed by atoms with Gasteiger partial charge in [0.2, 0.25) is 0 Å². The minimum atomic E-state index is -0.609. The molecule has 2 rings (SSSR count). The summed E-state index contributed by atoms with van der Waals surface area (Å²) in [6, 6.07) is 9.12. The zero-order chi connectivity index (χ0) is 14.7. The van der Waals surface area contributed by atoms with E-state index in [1.54, 1.807) is 18.2 Å². The predicted octanol–water partition coefficient (Wildman–Crippen LogP) is 4.87. The Balaban J connectivity index is 2.39. The standard InChI is InChI=1S/C15H11BrClFO2/c1-2-20-13-7-6-9(8-11(13)16)15(19)10-4-3-5-12(18)14(10)17/h3-8H,2H2,1H3. The molecule has 0 saturated carbocycles. The number of hydrogen-bond acceptors (Lipinski definition) is 2. The van der Waals surface area contributed by atoms with Crippen molar-refractivity contribution in [1.29, 1.82) is 0 Å². The van der Waals surface area contributed by atoms with E-state index >= 15 is 0 Å². The van der Waals surface area contributed by atoms with Gasteiger partial charge < -0.3 is 4.74 Å². The van der Waals surface area contributed by atoms with E-state index in [0.717, 1.165) is 0 Å². The Hall–Kier alpha value is -1.39. The lowest BCUT2D eigenvalue weighted by Gasteiger charge is -2.08. The molecule has 0 fully saturated rings. The highest BCUT2D eigenvalue weighted by Crippen LogP contribution is 2.28. The van der Waals surface area contributed by atoms with Crippen molar-refractivity contribution >= 4 is 33.3 Å². The Labute approximate surface area is 129 Å². The molecular formula is C15H11BrClFO2. The third-order valence-electron chi connectivity index (χ3n) is 2.69. The van der Waals surface area contributed by atoms with Gasteiger partial charge in [-0.1, -0.05) is 17.7 Å². The van der Waals surface area contributed by atoms with E-state index in [1.807, 2.05) is 6.92 Å². The number of rotatable bonds is 4. The van der Waals surface area contributed by atoms with Gasteiger partial charge in [-0.15, -0.1) is 0 Å². The molecule has 0 aliphatic carbocycles. The molecular weight excluding hydrogens is 347 g/mol. The molecule has 0 N–H and O–H groups in total. The van der Waals surface area contributed by atoms with Crippen LogP contribution < -0.4 is 4.74 Å². The van der Waals surface area contributed by atoms with E-state index in [1.165, 1.54) is 18.2 Å². The quantitative estimate of drug-likeness (QED) is 0.730. The molecule has 0 radical (unpaired) electrons. The molecule has 20 heavy (non-hydrogen) atoms. The summed E-state index contributed by atoms with van der Waals surface area (Å²) in [6.07, 6.45) is 0. The Morgan fingerprint density at radius 1 is 1.35 bits per heavy atom. The number of carbonyl (C=O) groups is 1. The van der Waals surface area contributed by atoms with Gasteiger partial charge in [-0.2, -0.15) is 0 Å². The van der Waals surface area contributed by atoms with Crippen LogP contribution in [0.1, 0.15) is 22.8 Å². The average molecular weight is 358 g/mol. The van der Waals surface area contributed by atoms with Crippen molar-refractivity contribution in [1.82, 2.24) is 0 Å². The molecule has 0 unspecified atom stereocenters. The van der Waals surface area contributed by atoms with Gasteiger partial charge in [0.15, 0.2) is 5.78 Å². The van der Waals surface area contributed by atoms with Gasteiger partial charge in [0.25, 0.3) is 0 Å². The lowest BCUT2D eigenvalue weighted by molar-refractivity contribution is 0.103. The highest BCUT2D eigenvalue weighted by molar-refractivity contribution is 9.10. The first kappa shape index (κ1) is 15.0. The number of benzene rings is 2. The van der Waals surface area contributed by atoms with Gasteiger partial charge in [-0.25, -0.2) is 4.39 Å². The molecule has 0 bridgehead atoms. The van der Waals surface area contributed by atoms with Crippen LogP contribution in [0.5, 0.6) is 5.75 Å². The number of ketones is 1. The SMILES string of the molecule is CCOc1ccc(C(=O)c2cccc(F)c2Cl)cc1Br. The maximum atomic E-state index is 13.4. The Morgan fingerprint density at radius 2 is 2.10 bits per heavy atom. The maximum Gasteiger partial charge on any atom is 0.194 e. The van der Waals surface area contributed by atoms with E-state index in [0.29, 0.717) is 22.4 Å². The number of carbonyl (C=O) groups excluding carboxylic acids is 1. The molecule has 2 aromatic rings. The molecule has 0 aromatic heterocycles. The van der Waals surface area contributed by atoms with Gasteiger partial charge in [-0.05, 0) is 53.2 Å². The summed E-state index contributed by atoms with van der Waals surface area (Å²) in [5.74, 6) is -0.296. The highest BCUT2D eigenvalue weighted by atomic mass is 79.9. The Kier molecular flexibility index (Phi) is 4.78. The second-order valence-electron chi connectivity index (χ2n) is 4.01. The van der Waals surface area contributed by atoms with Crippen molar-refractivity contribution in [2.24, 2.45) is 0 Å². The third-order valence-corrected chi connectivity index (χ3v) is 3.69. The largest absolute Gasteiger partial charge is 0.493 e. The lowest BCUT2D eigenvalue weighted by Crippen LogP contribution is -2.04. The molecule has 0 saturated heterocycles. The van der Waals surface area contributed by atoms with Crippen molar-refractivity contribution in [2.45, 2.75) is 6.92 Å². The fourth-order valence-electron chi connectivity index (χ4n) is 1.75. The number of ether oxygens (including phenoxy) is 1. The Bertz CT molecular complexity index is 658. The molecule has 0 heterocycles. The third kappa shape index (κ3) is 3.02. The van der Waals surface area contributed by atoms with E-state index in [-0.39, 0.29) is 16.4 Å². The van der Waals surface area contributed by atoms with Crippen LogP contribution in [-0.2, 0) is 0 Å². The molecule has 0 aliphatic heterocycles. The zero-order valence-electron chi connectivity index (χ0n) is 10.6. The normalized spacial score (nSPS) is 10.4. The second-order valence-corrected chi connectivity index (χ2v) is 5.24. The molecule has 0 atom stereocenters. The smallest absolute Gasteiger partial charge is 0.194 e. The molecule has 0 amide bonds. The number of hydrogen-bond donors (Lipinski definition) is 0. The lowest BCUT2D eigenvalue weighted by atomic mass is 10.0.